The third-order valence-electron chi connectivity index (χ3n) is 3.80. The molecular weight excluding hydrogens is 284 g/mol. The fourth-order valence-electron chi connectivity index (χ4n) is 2.71. The molecule has 4 rings (SSSR count). The predicted octanol–water partition coefficient (Wildman–Crippen LogP) is 2.27. The molecule has 0 saturated heterocycles. The van der Waals surface area contributed by atoms with Gasteiger partial charge < -0.3 is 5.32 Å². The van der Waals surface area contributed by atoms with Crippen LogP contribution in [0, 0.1) is 0 Å². The molecular formula is C14H16N6S. The van der Waals surface area contributed by atoms with Crippen molar-refractivity contribution in [3.05, 3.63) is 29.4 Å². The second kappa shape index (κ2) is 5.07. The normalized spacial score (nSPS) is 17.9. The topological polar surface area (TPSA) is 68.5 Å². The highest BCUT2D eigenvalue weighted by atomic mass is 32.1. The third kappa shape index (κ3) is 2.27. The number of nitrogens with zero attached hydrogens (tertiary/aromatic N) is 5. The quantitative estimate of drug-likeness (QED) is 0.803. The molecule has 7 heteroatoms. The van der Waals surface area contributed by atoms with Gasteiger partial charge in [0.25, 0.3) is 0 Å². The van der Waals surface area contributed by atoms with Gasteiger partial charge in [-0.2, -0.15) is 5.10 Å². The summed E-state index contributed by atoms with van der Waals surface area (Å²) in [6.07, 6.45) is 4.53. The van der Waals surface area contributed by atoms with Crippen LogP contribution in [-0.4, -0.2) is 30.8 Å². The summed E-state index contributed by atoms with van der Waals surface area (Å²) in [7, 11) is 0. The number of aryl methyl sites for hydroxylation is 2. The Balaban J connectivity index is 1.57. The van der Waals surface area contributed by atoms with Crippen LogP contribution in [0.3, 0.4) is 0 Å². The largest absolute Gasteiger partial charge is 0.364 e. The number of thiophene rings is 1. The highest BCUT2D eigenvalue weighted by Gasteiger charge is 2.22. The number of aromatic nitrogens is 5. The van der Waals surface area contributed by atoms with Crippen LogP contribution in [0.5, 0.6) is 0 Å². The molecule has 0 saturated carbocycles. The van der Waals surface area contributed by atoms with Gasteiger partial charge >= 0.3 is 0 Å². The Kier molecular flexibility index (Phi) is 3.07. The summed E-state index contributed by atoms with van der Waals surface area (Å²) < 4.78 is 3.16. The lowest BCUT2D eigenvalue weighted by atomic mass is 10.1. The predicted molar refractivity (Wildman–Crippen MR) is 82.5 cm³/mol. The van der Waals surface area contributed by atoms with Gasteiger partial charge in [-0.05, 0) is 17.9 Å². The molecule has 0 aliphatic carbocycles. The maximum Gasteiger partial charge on any atom is 0.150 e. The van der Waals surface area contributed by atoms with Gasteiger partial charge in [0, 0.05) is 18.9 Å². The highest BCUT2D eigenvalue weighted by molar-refractivity contribution is 7.17. The Morgan fingerprint density at radius 1 is 1.43 bits per heavy atom. The van der Waals surface area contributed by atoms with Crippen molar-refractivity contribution in [1.29, 1.82) is 0 Å². The second-order valence-corrected chi connectivity index (χ2v) is 6.13. The minimum absolute atomic E-state index is 0.337. The molecule has 0 aromatic carbocycles. The van der Waals surface area contributed by atoms with E-state index in [2.05, 4.69) is 37.7 Å². The Bertz CT molecular complexity index is 777. The molecule has 21 heavy (non-hydrogen) atoms. The average molecular weight is 300 g/mol. The highest BCUT2D eigenvalue weighted by Crippen LogP contribution is 2.26. The van der Waals surface area contributed by atoms with Crippen LogP contribution in [-0.2, 0) is 19.4 Å². The first-order valence-corrected chi connectivity index (χ1v) is 8.09. The molecule has 108 valence electrons. The van der Waals surface area contributed by atoms with Crippen LogP contribution in [0.2, 0.25) is 0 Å². The summed E-state index contributed by atoms with van der Waals surface area (Å²) in [5.41, 5.74) is 1.00. The van der Waals surface area contributed by atoms with Gasteiger partial charge in [0.15, 0.2) is 5.82 Å². The summed E-state index contributed by atoms with van der Waals surface area (Å²) in [4.78, 5) is 13.2. The molecule has 0 radical (unpaired) electrons. The third-order valence-corrected chi connectivity index (χ3v) is 4.71. The summed E-state index contributed by atoms with van der Waals surface area (Å²) in [6.45, 7) is 2.94. The standard InChI is InChI=1S/C14H16N6S/c1-2-11-18-12-4-3-9(7-20(12)19-11)17-14-13-10(5-6-21-13)15-8-16-14/h5-6,8-9H,2-4,7H2,1H3,(H,15,16,17). The van der Waals surface area contributed by atoms with Crippen LogP contribution in [0.25, 0.3) is 10.2 Å². The Labute approximate surface area is 126 Å². The number of hydrogen-bond donors (Lipinski definition) is 1. The number of nitrogens with one attached hydrogen (secondary N) is 1. The number of rotatable bonds is 3. The molecule has 1 N–H and O–H groups in total. The average Bonchev–Trinajstić information content (AvgIpc) is 3.13. The summed E-state index contributed by atoms with van der Waals surface area (Å²) >= 11 is 1.67. The van der Waals surface area contributed by atoms with Crippen molar-refractivity contribution in [2.45, 2.75) is 38.8 Å². The Hall–Kier alpha value is -2.02. The molecule has 3 aromatic heterocycles. The molecule has 1 atom stereocenters. The lowest BCUT2D eigenvalue weighted by Gasteiger charge is -2.24. The van der Waals surface area contributed by atoms with Gasteiger partial charge in [-0.3, -0.25) is 0 Å². The maximum atomic E-state index is 4.55. The first-order valence-electron chi connectivity index (χ1n) is 7.21. The van der Waals surface area contributed by atoms with Gasteiger partial charge in [0.1, 0.15) is 18.0 Å². The lowest BCUT2D eigenvalue weighted by Crippen LogP contribution is -2.32. The molecule has 1 aliphatic rings. The minimum Gasteiger partial charge on any atom is -0.364 e. The van der Waals surface area contributed by atoms with E-state index in [1.807, 2.05) is 10.7 Å². The van der Waals surface area contributed by atoms with E-state index in [1.54, 1.807) is 17.7 Å². The van der Waals surface area contributed by atoms with E-state index in [0.29, 0.717) is 6.04 Å². The van der Waals surface area contributed by atoms with E-state index in [0.717, 1.165) is 53.5 Å². The second-order valence-electron chi connectivity index (χ2n) is 5.22. The van der Waals surface area contributed by atoms with Gasteiger partial charge in [-0.1, -0.05) is 6.92 Å². The Morgan fingerprint density at radius 3 is 3.29 bits per heavy atom. The zero-order valence-corrected chi connectivity index (χ0v) is 12.6. The van der Waals surface area contributed by atoms with Crippen molar-refractivity contribution < 1.29 is 0 Å². The van der Waals surface area contributed by atoms with Gasteiger partial charge in [0.2, 0.25) is 0 Å². The SMILES string of the molecule is CCc1nc2n(n1)CC(Nc1ncnc3ccsc13)CC2. The summed E-state index contributed by atoms with van der Waals surface area (Å²) in [6, 6.07) is 2.36. The first kappa shape index (κ1) is 12.7. The molecule has 0 bridgehead atoms. The van der Waals surface area contributed by atoms with E-state index in [9.17, 15) is 0 Å². The number of hydrogen-bond acceptors (Lipinski definition) is 6. The zero-order valence-electron chi connectivity index (χ0n) is 11.8. The molecule has 1 aliphatic heterocycles. The number of anilines is 1. The fourth-order valence-corrected chi connectivity index (χ4v) is 3.51. The van der Waals surface area contributed by atoms with E-state index in [4.69, 9.17) is 0 Å². The summed E-state index contributed by atoms with van der Waals surface area (Å²) in [5.74, 6) is 2.97. The van der Waals surface area contributed by atoms with Crippen molar-refractivity contribution in [3.63, 3.8) is 0 Å². The fraction of sp³-hybridized carbons (Fsp3) is 0.429. The van der Waals surface area contributed by atoms with Crippen molar-refractivity contribution in [2.24, 2.45) is 0 Å². The van der Waals surface area contributed by atoms with E-state index < -0.39 is 0 Å². The smallest absolute Gasteiger partial charge is 0.150 e. The van der Waals surface area contributed by atoms with Crippen LogP contribution in [0.1, 0.15) is 25.0 Å². The van der Waals surface area contributed by atoms with E-state index in [-0.39, 0.29) is 0 Å². The van der Waals surface area contributed by atoms with Gasteiger partial charge in [-0.15, -0.1) is 11.3 Å². The van der Waals surface area contributed by atoms with E-state index in [1.165, 1.54) is 0 Å². The molecule has 4 heterocycles. The van der Waals surface area contributed by atoms with Crippen LogP contribution in [0.4, 0.5) is 5.82 Å². The summed E-state index contributed by atoms with van der Waals surface area (Å²) in [5, 5.41) is 10.1. The van der Waals surface area contributed by atoms with Crippen molar-refractivity contribution >= 4 is 27.4 Å². The van der Waals surface area contributed by atoms with Crippen molar-refractivity contribution in [3.8, 4) is 0 Å². The zero-order chi connectivity index (χ0) is 14.2. The van der Waals surface area contributed by atoms with Crippen LogP contribution >= 0.6 is 11.3 Å². The molecule has 1 unspecified atom stereocenters. The van der Waals surface area contributed by atoms with Crippen molar-refractivity contribution in [2.75, 3.05) is 5.32 Å². The molecule has 0 amide bonds. The maximum absolute atomic E-state index is 4.55. The molecule has 0 fully saturated rings. The molecule has 3 aromatic rings. The molecule has 6 nitrogen and oxygen atoms in total. The monoisotopic (exact) mass is 300 g/mol. The number of fused-ring (bicyclic) bond motifs is 2. The van der Waals surface area contributed by atoms with Crippen LogP contribution in [0.15, 0.2) is 17.8 Å². The van der Waals surface area contributed by atoms with Crippen LogP contribution < -0.4 is 5.32 Å². The first-order chi connectivity index (χ1) is 10.3. The van der Waals surface area contributed by atoms with Gasteiger partial charge in [-0.25, -0.2) is 19.6 Å². The lowest BCUT2D eigenvalue weighted by molar-refractivity contribution is 0.440. The van der Waals surface area contributed by atoms with E-state index >= 15 is 0 Å². The van der Waals surface area contributed by atoms with Gasteiger partial charge in [0.05, 0.1) is 16.8 Å². The Morgan fingerprint density at radius 2 is 2.38 bits per heavy atom. The molecule has 0 spiro atoms. The van der Waals surface area contributed by atoms with Crippen molar-refractivity contribution in [1.82, 2.24) is 24.7 Å². The minimum atomic E-state index is 0.337.